The van der Waals surface area contributed by atoms with Crippen LogP contribution in [-0.2, 0) is 17.9 Å². The zero-order valence-corrected chi connectivity index (χ0v) is 12.0. The first-order valence-corrected chi connectivity index (χ1v) is 7.33. The zero-order chi connectivity index (χ0) is 14.7. The van der Waals surface area contributed by atoms with Crippen molar-refractivity contribution in [3.63, 3.8) is 0 Å². The maximum absolute atomic E-state index is 12.1. The molecule has 0 aliphatic rings. The predicted octanol–water partition coefficient (Wildman–Crippen LogP) is 1.63. The number of fused-ring (bicyclic) bond motifs is 1. The summed E-state index contributed by atoms with van der Waals surface area (Å²) in [4.78, 5) is 17.0. The highest BCUT2D eigenvalue weighted by molar-refractivity contribution is 7.16. The van der Waals surface area contributed by atoms with Crippen LogP contribution < -0.4 is 5.56 Å². The number of hydrogen-bond acceptors (Lipinski definition) is 6. The van der Waals surface area contributed by atoms with Crippen molar-refractivity contribution in [2.24, 2.45) is 0 Å². The molecule has 3 aromatic heterocycles. The lowest BCUT2D eigenvalue weighted by Gasteiger charge is -2.12. The topological polar surface area (TPSA) is 77.5 Å². The van der Waals surface area contributed by atoms with Gasteiger partial charge in [-0.05, 0) is 23.6 Å². The van der Waals surface area contributed by atoms with Crippen molar-refractivity contribution in [1.29, 1.82) is 0 Å². The highest BCUT2D eigenvalue weighted by atomic mass is 32.1. The van der Waals surface area contributed by atoms with Gasteiger partial charge >= 0.3 is 0 Å². The van der Waals surface area contributed by atoms with Crippen LogP contribution >= 0.6 is 11.3 Å². The van der Waals surface area contributed by atoms with Crippen LogP contribution in [0.25, 0.3) is 10.2 Å². The van der Waals surface area contributed by atoms with Crippen LogP contribution in [0, 0.1) is 0 Å². The van der Waals surface area contributed by atoms with Gasteiger partial charge in [-0.2, -0.15) is 0 Å². The molecule has 6 nitrogen and oxygen atoms in total. The second-order valence-corrected chi connectivity index (χ2v) is 5.48. The third-order valence-corrected chi connectivity index (χ3v) is 3.81. The molecule has 0 spiro atoms. The molecule has 0 unspecified atom stereocenters. The molecule has 3 rings (SSSR count). The smallest absolute Gasteiger partial charge is 0.262 e. The molecule has 1 N–H and O–H groups in total. The van der Waals surface area contributed by atoms with Gasteiger partial charge in [-0.25, -0.2) is 4.98 Å². The van der Waals surface area contributed by atoms with E-state index in [2.05, 4.69) is 4.98 Å². The average Bonchev–Trinajstić information content (AvgIpc) is 3.13. The zero-order valence-electron chi connectivity index (χ0n) is 11.1. The van der Waals surface area contributed by atoms with Crippen LogP contribution in [-0.4, -0.2) is 27.4 Å². The minimum Gasteiger partial charge on any atom is -0.467 e. The Hall–Kier alpha value is -1.96. The third-order valence-electron chi connectivity index (χ3n) is 2.99. The van der Waals surface area contributed by atoms with E-state index in [0.717, 1.165) is 0 Å². The fraction of sp³-hybridized carbons (Fsp3) is 0.286. The summed E-state index contributed by atoms with van der Waals surface area (Å²) in [6, 6.07) is 5.31. The molecule has 0 bridgehead atoms. The monoisotopic (exact) mass is 306 g/mol. The van der Waals surface area contributed by atoms with Crippen LogP contribution in [0.3, 0.4) is 0 Å². The Morgan fingerprint density at radius 2 is 2.38 bits per heavy atom. The van der Waals surface area contributed by atoms with Crippen LogP contribution in [0.5, 0.6) is 0 Å². The normalized spacial score (nSPS) is 12.8. The second kappa shape index (κ2) is 6.21. The van der Waals surface area contributed by atoms with E-state index in [1.807, 2.05) is 5.38 Å². The molecule has 0 saturated carbocycles. The van der Waals surface area contributed by atoms with E-state index in [4.69, 9.17) is 9.15 Å². The molecular formula is C14H14N2O4S. The Balaban J connectivity index is 1.59. The summed E-state index contributed by atoms with van der Waals surface area (Å²) in [6.45, 7) is 0.561. The number of aromatic nitrogens is 2. The predicted molar refractivity (Wildman–Crippen MR) is 78.3 cm³/mol. The summed E-state index contributed by atoms with van der Waals surface area (Å²) in [5.74, 6) is 0.695. The molecule has 0 aliphatic heterocycles. The Kier molecular flexibility index (Phi) is 4.14. The minimum absolute atomic E-state index is 0.120. The second-order valence-electron chi connectivity index (χ2n) is 4.59. The summed E-state index contributed by atoms with van der Waals surface area (Å²) in [5, 5.41) is 12.3. The molecule has 3 heterocycles. The molecule has 110 valence electrons. The van der Waals surface area contributed by atoms with E-state index >= 15 is 0 Å². The number of hydrogen-bond donors (Lipinski definition) is 1. The van der Waals surface area contributed by atoms with Gasteiger partial charge in [0.15, 0.2) is 0 Å². The van der Waals surface area contributed by atoms with E-state index in [-0.39, 0.29) is 18.7 Å². The fourth-order valence-corrected chi connectivity index (χ4v) is 2.72. The number of thiophene rings is 1. The van der Waals surface area contributed by atoms with Crippen molar-refractivity contribution in [2.75, 3.05) is 6.61 Å². The summed E-state index contributed by atoms with van der Waals surface area (Å²) < 4.78 is 11.9. The molecule has 0 fully saturated rings. The van der Waals surface area contributed by atoms with Gasteiger partial charge in [-0.1, -0.05) is 0 Å². The molecule has 3 aromatic rings. The first-order chi connectivity index (χ1) is 10.2. The van der Waals surface area contributed by atoms with Crippen LogP contribution in [0.2, 0.25) is 0 Å². The standard InChI is InChI=1S/C14H14N2O4S/c17-10(7-19-8-11-2-1-4-20-11)6-16-9-15-13-12(14(16)18)3-5-21-13/h1-5,9-10,17H,6-8H2/t10-/m0/s1. The molecular weight excluding hydrogens is 292 g/mol. The Labute approximate surface area is 124 Å². The molecule has 0 aromatic carbocycles. The van der Waals surface area contributed by atoms with Crippen molar-refractivity contribution < 1.29 is 14.3 Å². The van der Waals surface area contributed by atoms with Crippen LogP contribution in [0.15, 0.2) is 45.4 Å². The SMILES string of the molecule is O=c1c2ccsc2ncn1C[C@H](O)COCc1ccco1. The molecule has 0 aliphatic carbocycles. The van der Waals surface area contributed by atoms with Crippen LogP contribution in [0.4, 0.5) is 0 Å². The Bertz CT molecular complexity index is 763. The van der Waals surface area contributed by atoms with Crippen molar-refractivity contribution in [2.45, 2.75) is 19.3 Å². The largest absolute Gasteiger partial charge is 0.467 e. The van der Waals surface area contributed by atoms with Gasteiger partial charge in [-0.3, -0.25) is 9.36 Å². The lowest BCUT2D eigenvalue weighted by molar-refractivity contribution is 0.0142. The number of nitrogens with zero attached hydrogens (tertiary/aromatic N) is 2. The number of aliphatic hydroxyl groups excluding tert-OH is 1. The minimum atomic E-state index is -0.782. The number of ether oxygens (including phenoxy) is 1. The van der Waals surface area contributed by atoms with Gasteiger partial charge in [0.1, 0.15) is 17.2 Å². The summed E-state index contributed by atoms with van der Waals surface area (Å²) in [5.41, 5.74) is -0.147. The molecule has 0 amide bonds. The summed E-state index contributed by atoms with van der Waals surface area (Å²) >= 11 is 1.42. The lowest BCUT2D eigenvalue weighted by atomic mass is 10.3. The van der Waals surface area contributed by atoms with E-state index in [9.17, 15) is 9.90 Å². The Morgan fingerprint density at radius 1 is 1.48 bits per heavy atom. The first kappa shape index (κ1) is 14.0. The van der Waals surface area contributed by atoms with E-state index < -0.39 is 6.10 Å². The van der Waals surface area contributed by atoms with Crippen molar-refractivity contribution in [3.05, 3.63) is 52.3 Å². The highest BCUT2D eigenvalue weighted by Gasteiger charge is 2.10. The first-order valence-electron chi connectivity index (χ1n) is 6.45. The van der Waals surface area contributed by atoms with Gasteiger partial charge < -0.3 is 14.3 Å². The fourth-order valence-electron chi connectivity index (χ4n) is 1.99. The average molecular weight is 306 g/mol. The van der Waals surface area contributed by atoms with Crippen molar-refractivity contribution in [1.82, 2.24) is 9.55 Å². The van der Waals surface area contributed by atoms with Gasteiger partial charge in [0.25, 0.3) is 5.56 Å². The summed E-state index contributed by atoms with van der Waals surface area (Å²) in [6.07, 6.45) is 2.24. The number of aliphatic hydroxyl groups is 1. The van der Waals surface area contributed by atoms with Crippen molar-refractivity contribution >= 4 is 21.6 Å². The molecule has 1 atom stereocenters. The maximum Gasteiger partial charge on any atom is 0.262 e. The van der Waals surface area contributed by atoms with Gasteiger partial charge in [0.2, 0.25) is 0 Å². The highest BCUT2D eigenvalue weighted by Crippen LogP contribution is 2.13. The quantitative estimate of drug-likeness (QED) is 0.749. The van der Waals surface area contributed by atoms with Crippen molar-refractivity contribution in [3.8, 4) is 0 Å². The lowest BCUT2D eigenvalue weighted by Crippen LogP contribution is -2.29. The van der Waals surface area contributed by atoms with Gasteiger partial charge in [-0.15, -0.1) is 11.3 Å². The van der Waals surface area contributed by atoms with E-state index in [1.54, 1.807) is 24.5 Å². The van der Waals surface area contributed by atoms with E-state index in [1.165, 1.54) is 22.2 Å². The summed E-state index contributed by atoms with van der Waals surface area (Å²) in [7, 11) is 0. The van der Waals surface area contributed by atoms with Crippen LogP contribution in [0.1, 0.15) is 5.76 Å². The third kappa shape index (κ3) is 3.21. The van der Waals surface area contributed by atoms with Gasteiger partial charge in [0.05, 0.1) is 37.2 Å². The molecule has 0 radical (unpaired) electrons. The van der Waals surface area contributed by atoms with Gasteiger partial charge in [0, 0.05) is 0 Å². The molecule has 0 saturated heterocycles. The van der Waals surface area contributed by atoms with E-state index in [0.29, 0.717) is 22.6 Å². The molecule has 7 heteroatoms. The number of furan rings is 1. The molecule has 21 heavy (non-hydrogen) atoms. The number of rotatable bonds is 6. The maximum atomic E-state index is 12.1. The Morgan fingerprint density at radius 3 is 3.19 bits per heavy atom.